The van der Waals surface area contributed by atoms with E-state index in [0.717, 1.165) is 29.7 Å². The van der Waals surface area contributed by atoms with Gasteiger partial charge in [0, 0.05) is 19.5 Å². The summed E-state index contributed by atoms with van der Waals surface area (Å²) in [7, 11) is 1.63. The van der Waals surface area contributed by atoms with Crippen LogP contribution in [0.25, 0.3) is 0 Å². The zero-order chi connectivity index (χ0) is 22.6. The first-order valence-electron chi connectivity index (χ1n) is 11.3. The molecule has 0 aliphatic heterocycles. The van der Waals surface area contributed by atoms with Crippen LogP contribution in [0.2, 0.25) is 0 Å². The Morgan fingerprint density at radius 1 is 0.935 bits per heavy atom. The first kappa shape index (κ1) is 24.4. The second-order valence-corrected chi connectivity index (χ2v) is 7.75. The Morgan fingerprint density at radius 2 is 1.55 bits per heavy atom. The number of aryl methyl sites for hydroxylation is 2. The van der Waals surface area contributed by atoms with Gasteiger partial charge in [0.15, 0.2) is 0 Å². The van der Waals surface area contributed by atoms with Crippen molar-refractivity contribution in [2.24, 2.45) is 0 Å². The summed E-state index contributed by atoms with van der Waals surface area (Å²) in [6, 6.07) is 15.6. The molecular weight excluding hydrogens is 388 g/mol. The molecule has 0 aliphatic carbocycles. The minimum absolute atomic E-state index is 0.00566. The Kier molecular flexibility index (Phi) is 10.1. The van der Waals surface area contributed by atoms with E-state index in [4.69, 9.17) is 4.74 Å². The summed E-state index contributed by atoms with van der Waals surface area (Å²) in [5, 5.41) is 2.96. The number of carbonyl (C=O) groups excluding carboxylic acids is 2. The fraction of sp³-hybridized carbons (Fsp3) is 0.462. The summed E-state index contributed by atoms with van der Waals surface area (Å²) in [5.74, 6) is 0.678. The molecule has 2 aromatic rings. The summed E-state index contributed by atoms with van der Waals surface area (Å²) in [6.07, 6.45) is 3.47. The van der Waals surface area contributed by atoms with Crippen molar-refractivity contribution in [3.8, 4) is 5.75 Å². The van der Waals surface area contributed by atoms with Gasteiger partial charge in [-0.25, -0.2) is 0 Å². The molecule has 5 nitrogen and oxygen atoms in total. The smallest absolute Gasteiger partial charge is 0.242 e. The number of benzene rings is 2. The van der Waals surface area contributed by atoms with Crippen molar-refractivity contribution in [2.75, 3.05) is 13.7 Å². The summed E-state index contributed by atoms with van der Waals surface area (Å²) < 4.78 is 5.23. The number of nitrogens with zero attached hydrogens (tertiary/aromatic N) is 1. The van der Waals surface area contributed by atoms with Crippen LogP contribution in [0.15, 0.2) is 48.5 Å². The maximum atomic E-state index is 13.3. The normalized spacial score (nSPS) is 11.6. The third kappa shape index (κ3) is 7.42. The van der Waals surface area contributed by atoms with Gasteiger partial charge >= 0.3 is 0 Å². The third-order valence-corrected chi connectivity index (χ3v) is 5.51. The van der Waals surface area contributed by atoms with Gasteiger partial charge in [0.1, 0.15) is 11.8 Å². The molecule has 5 heteroatoms. The number of hydrogen-bond donors (Lipinski definition) is 1. The molecule has 2 amide bonds. The minimum atomic E-state index is -0.483. The predicted molar refractivity (Wildman–Crippen MR) is 125 cm³/mol. The number of ether oxygens (including phenoxy) is 1. The summed E-state index contributed by atoms with van der Waals surface area (Å²) in [5.41, 5.74) is 3.40. The highest BCUT2D eigenvalue weighted by Gasteiger charge is 2.28. The molecule has 0 aromatic heterocycles. The van der Waals surface area contributed by atoms with Crippen molar-refractivity contribution in [3.05, 3.63) is 65.2 Å². The van der Waals surface area contributed by atoms with E-state index in [1.54, 1.807) is 12.0 Å². The van der Waals surface area contributed by atoms with Crippen molar-refractivity contribution in [1.82, 2.24) is 10.2 Å². The van der Waals surface area contributed by atoms with Crippen molar-refractivity contribution < 1.29 is 14.3 Å². The van der Waals surface area contributed by atoms with Crippen LogP contribution in [0.4, 0.5) is 0 Å². The number of methoxy groups -OCH3 is 1. The minimum Gasteiger partial charge on any atom is -0.497 e. The van der Waals surface area contributed by atoms with Gasteiger partial charge in [-0.1, -0.05) is 57.2 Å². The lowest BCUT2D eigenvalue weighted by Crippen LogP contribution is -2.49. The second kappa shape index (κ2) is 12.8. The van der Waals surface area contributed by atoms with Crippen LogP contribution in [0.1, 0.15) is 56.7 Å². The first-order valence-corrected chi connectivity index (χ1v) is 11.3. The van der Waals surface area contributed by atoms with Gasteiger partial charge < -0.3 is 15.0 Å². The Morgan fingerprint density at radius 3 is 2.10 bits per heavy atom. The largest absolute Gasteiger partial charge is 0.497 e. The lowest BCUT2D eigenvalue weighted by atomic mass is 10.0. The van der Waals surface area contributed by atoms with Crippen molar-refractivity contribution in [3.63, 3.8) is 0 Å². The highest BCUT2D eigenvalue weighted by molar-refractivity contribution is 5.87. The molecule has 0 saturated carbocycles. The molecule has 0 saturated heterocycles. The maximum Gasteiger partial charge on any atom is 0.242 e. The Labute approximate surface area is 186 Å². The lowest BCUT2D eigenvalue weighted by Gasteiger charge is -2.31. The van der Waals surface area contributed by atoms with Crippen molar-refractivity contribution >= 4 is 11.8 Å². The molecule has 1 N–H and O–H groups in total. The molecule has 168 valence electrons. The quantitative estimate of drug-likeness (QED) is 0.545. The average Bonchev–Trinajstić information content (AvgIpc) is 2.81. The van der Waals surface area contributed by atoms with Gasteiger partial charge in [0.05, 0.1) is 7.11 Å². The van der Waals surface area contributed by atoms with Gasteiger partial charge in [-0.3, -0.25) is 9.59 Å². The molecule has 1 atom stereocenters. The SMILES string of the molecule is CCCNC(=O)[C@H](CC)N(Cc1ccc(OC)cc1)C(=O)CCc1ccc(CC)cc1. The summed E-state index contributed by atoms with van der Waals surface area (Å²) in [4.78, 5) is 27.8. The van der Waals surface area contributed by atoms with Crippen molar-refractivity contribution in [1.29, 1.82) is 0 Å². The zero-order valence-electron chi connectivity index (χ0n) is 19.3. The third-order valence-electron chi connectivity index (χ3n) is 5.51. The number of amides is 2. The lowest BCUT2D eigenvalue weighted by molar-refractivity contribution is -0.141. The van der Waals surface area contributed by atoms with E-state index in [2.05, 4.69) is 36.5 Å². The van der Waals surface area contributed by atoms with E-state index in [1.165, 1.54) is 5.56 Å². The monoisotopic (exact) mass is 424 g/mol. The molecule has 31 heavy (non-hydrogen) atoms. The van der Waals surface area contributed by atoms with Gasteiger partial charge in [-0.2, -0.15) is 0 Å². The number of rotatable bonds is 12. The maximum absolute atomic E-state index is 13.3. The van der Waals surface area contributed by atoms with Crippen LogP contribution < -0.4 is 10.1 Å². The van der Waals surface area contributed by atoms with Gasteiger partial charge in [-0.05, 0) is 54.5 Å². The zero-order valence-corrected chi connectivity index (χ0v) is 19.3. The van der Waals surface area contributed by atoms with Gasteiger partial charge in [0.25, 0.3) is 0 Å². The molecule has 2 aromatic carbocycles. The Balaban J connectivity index is 2.16. The average molecular weight is 425 g/mol. The standard InChI is InChI=1S/C26H36N2O3/c1-5-18-27-26(30)24(7-3)28(19-22-12-15-23(31-4)16-13-22)25(29)17-14-21-10-8-20(6-2)9-11-21/h8-13,15-16,24H,5-7,14,17-19H2,1-4H3,(H,27,30)/t24-/m0/s1. The Hall–Kier alpha value is -2.82. The first-order chi connectivity index (χ1) is 15.0. The molecule has 0 aliphatic rings. The number of carbonyl (C=O) groups is 2. The van der Waals surface area contributed by atoms with E-state index in [0.29, 0.717) is 32.4 Å². The topological polar surface area (TPSA) is 58.6 Å². The fourth-order valence-corrected chi connectivity index (χ4v) is 3.55. The summed E-state index contributed by atoms with van der Waals surface area (Å²) >= 11 is 0. The molecule has 0 heterocycles. The van der Waals surface area contributed by atoms with E-state index >= 15 is 0 Å². The van der Waals surface area contributed by atoms with E-state index < -0.39 is 6.04 Å². The van der Waals surface area contributed by atoms with Crippen LogP contribution in [0.3, 0.4) is 0 Å². The highest BCUT2D eigenvalue weighted by atomic mass is 16.5. The number of hydrogen-bond acceptors (Lipinski definition) is 3. The van der Waals surface area contributed by atoms with Crippen LogP contribution in [-0.2, 0) is 29.0 Å². The van der Waals surface area contributed by atoms with Crippen molar-refractivity contribution in [2.45, 2.75) is 65.5 Å². The molecule has 0 unspecified atom stereocenters. The Bertz CT molecular complexity index is 816. The predicted octanol–water partition coefficient (Wildman–Crippen LogP) is 4.52. The molecule has 0 bridgehead atoms. The molecule has 0 fully saturated rings. The van der Waals surface area contributed by atoms with Gasteiger partial charge in [0.2, 0.25) is 11.8 Å². The van der Waals surface area contributed by atoms with Gasteiger partial charge in [-0.15, -0.1) is 0 Å². The van der Waals surface area contributed by atoms with Crippen LogP contribution in [0.5, 0.6) is 5.75 Å². The molecule has 0 radical (unpaired) electrons. The highest BCUT2D eigenvalue weighted by Crippen LogP contribution is 2.18. The van der Waals surface area contributed by atoms with Crippen LogP contribution in [-0.4, -0.2) is 36.4 Å². The number of nitrogens with one attached hydrogen (secondary N) is 1. The molecule has 2 rings (SSSR count). The fourth-order valence-electron chi connectivity index (χ4n) is 3.55. The second-order valence-electron chi connectivity index (χ2n) is 7.75. The van der Waals surface area contributed by atoms with E-state index in [1.807, 2.05) is 38.1 Å². The summed E-state index contributed by atoms with van der Waals surface area (Å²) in [6.45, 7) is 7.11. The van der Waals surface area contributed by atoms with E-state index in [-0.39, 0.29) is 11.8 Å². The van der Waals surface area contributed by atoms with E-state index in [9.17, 15) is 9.59 Å². The van der Waals surface area contributed by atoms with Crippen LogP contribution in [0, 0.1) is 0 Å². The van der Waals surface area contributed by atoms with Crippen LogP contribution >= 0.6 is 0 Å². The molecular formula is C26H36N2O3. The molecule has 0 spiro atoms.